The Bertz CT molecular complexity index is 451. The number of hydrogen-bond acceptors (Lipinski definition) is 4. The Labute approximate surface area is 92.5 Å². The van der Waals surface area contributed by atoms with Crippen LogP contribution < -0.4 is 14.9 Å². The van der Waals surface area contributed by atoms with Gasteiger partial charge < -0.3 is 19.5 Å². The van der Waals surface area contributed by atoms with Crippen LogP contribution >= 0.6 is 0 Å². The Hall–Kier alpha value is -1.48. The van der Waals surface area contributed by atoms with Gasteiger partial charge in [0.2, 0.25) is 0 Å². The Kier molecular flexibility index (Phi) is 2.47. The first kappa shape index (κ1) is 12.0. The van der Waals surface area contributed by atoms with E-state index < -0.39 is 30.8 Å². The molecule has 1 aliphatic rings. The van der Waals surface area contributed by atoms with Gasteiger partial charge in [0.25, 0.3) is 0 Å². The van der Waals surface area contributed by atoms with E-state index >= 15 is 0 Å². The molecule has 0 aliphatic carbocycles. The molecule has 0 aromatic heterocycles. The van der Waals surface area contributed by atoms with E-state index in [0.29, 0.717) is 0 Å². The van der Waals surface area contributed by atoms with E-state index in [9.17, 15) is 17.6 Å². The first-order valence-corrected chi connectivity index (χ1v) is 4.37. The van der Waals surface area contributed by atoms with Crippen LogP contribution in [-0.4, -0.2) is 29.4 Å². The van der Waals surface area contributed by atoms with Crippen molar-refractivity contribution in [3.8, 4) is 11.5 Å². The zero-order chi connectivity index (χ0) is 12.8. The largest absolute Gasteiger partial charge is 0.507 e. The van der Waals surface area contributed by atoms with E-state index in [4.69, 9.17) is 10.0 Å². The van der Waals surface area contributed by atoms with E-state index in [2.05, 4.69) is 9.47 Å². The van der Waals surface area contributed by atoms with Crippen LogP contribution in [0.25, 0.3) is 0 Å². The van der Waals surface area contributed by atoms with Gasteiger partial charge in [-0.15, -0.1) is 0 Å². The fourth-order valence-corrected chi connectivity index (χ4v) is 1.24. The highest BCUT2D eigenvalue weighted by atomic mass is 19.3. The summed E-state index contributed by atoms with van der Waals surface area (Å²) >= 11 is 0. The van der Waals surface area contributed by atoms with Crippen LogP contribution in [0, 0.1) is 0 Å². The average Bonchev–Trinajstić information content (AvgIpc) is 2.17. The molecule has 0 spiro atoms. The van der Waals surface area contributed by atoms with Gasteiger partial charge >= 0.3 is 19.3 Å². The van der Waals surface area contributed by atoms with Gasteiger partial charge in [0.15, 0.2) is 11.5 Å². The summed E-state index contributed by atoms with van der Waals surface area (Å²) in [5.41, 5.74) is -0.187. The maximum absolute atomic E-state index is 12.8. The zero-order valence-electron chi connectivity index (χ0n) is 8.03. The van der Waals surface area contributed by atoms with Crippen LogP contribution in [0.1, 0.15) is 0 Å². The molecule has 1 aromatic carbocycles. The number of ether oxygens (including phenoxy) is 2. The minimum atomic E-state index is -4.82. The molecule has 0 saturated heterocycles. The van der Waals surface area contributed by atoms with Gasteiger partial charge in [0, 0.05) is 0 Å². The van der Waals surface area contributed by atoms with E-state index in [1.165, 1.54) is 0 Å². The number of halogens is 4. The van der Waals surface area contributed by atoms with Crippen molar-refractivity contribution in [3.63, 3.8) is 0 Å². The van der Waals surface area contributed by atoms with Crippen molar-refractivity contribution in [1.29, 1.82) is 0 Å². The fourth-order valence-electron chi connectivity index (χ4n) is 1.24. The molecule has 0 bridgehead atoms. The van der Waals surface area contributed by atoms with Crippen molar-refractivity contribution in [2.75, 3.05) is 0 Å². The summed E-state index contributed by atoms with van der Waals surface area (Å²) in [4.78, 5) is 0. The number of hydrogen-bond donors (Lipinski definition) is 2. The molecule has 0 radical (unpaired) electrons. The van der Waals surface area contributed by atoms with Crippen molar-refractivity contribution >= 4 is 12.6 Å². The van der Waals surface area contributed by atoms with Crippen LogP contribution in [-0.2, 0) is 0 Å². The summed E-state index contributed by atoms with van der Waals surface area (Å²) in [6.07, 6.45) is -9.60. The molecule has 0 amide bonds. The van der Waals surface area contributed by atoms with Crippen LogP contribution in [0.5, 0.6) is 11.5 Å². The number of alkyl halides is 4. The lowest BCUT2D eigenvalue weighted by Gasteiger charge is -2.31. The molecule has 2 rings (SSSR count). The highest BCUT2D eigenvalue weighted by Gasteiger charge is 2.65. The van der Waals surface area contributed by atoms with Crippen LogP contribution in [0.2, 0.25) is 0 Å². The van der Waals surface area contributed by atoms with Gasteiger partial charge in [0.1, 0.15) is 0 Å². The summed E-state index contributed by atoms with van der Waals surface area (Å²) in [6.45, 7) is 0. The maximum atomic E-state index is 12.8. The van der Waals surface area contributed by atoms with Crippen LogP contribution in [0.4, 0.5) is 17.6 Å². The van der Waals surface area contributed by atoms with Crippen LogP contribution in [0.3, 0.4) is 0 Å². The van der Waals surface area contributed by atoms with Gasteiger partial charge in [-0.2, -0.15) is 17.6 Å². The molecule has 1 aromatic rings. The van der Waals surface area contributed by atoms with Gasteiger partial charge in [-0.25, -0.2) is 0 Å². The third-order valence-electron chi connectivity index (χ3n) is 2.08. The zero-order valence-corrected chi connectivity index (χ0v) is 8.03. The van der Waals surface area contributed by atoms with Crippen LogP contribution in [0.15, 0.2) is 18.2 Å². The second-order valence-electron chi connectivity index (χ2n) is 3.32. The Morgan fingerprint density at radius 2 is 1.47 bits per heavy atom. The third kappa shape index (κ3) is 1.91. The third-order valence-corrected chi connectivity index (χ3v) is 2.08. The number of benzene rings is 1. The molecule has 17 heavy (non-hydrogen) atoms. The van der Waals surface area contributed by atoms with Gasteiger partial charge in [-0.1, -0.05) is 6.07 Å². The first-order chi connectivity index (χ1) is 7.73. The number of rotatable bonds is 1. The van der Waals surface area contributed by atoms with E-state index in [1.54, 1.807) is 0 Å². The molecule has 0 fully saturated rings. The molecule has 0 saturated carbocycles. The lowest BCUT2D eigenvalue weighted by atomic mass is 9.80. The van der Waals surface area contributed by atoms with Crippen molar-refractivity contribution in [3.05, 3.63) is 18.2 Å². The molecular weight excluding hydrogens is 247 g/mol. The summed E-state index contributed by atoms with van der Waals surface area (Å²) in [5, 5.41) is 17.6. The minimum absolute atomic E-state index is 0.187. The standard InChI is InChI=1S/C8H5BF4O4/c10-7(11)8(12,13)17-6-3-4(9(14)15)1-2-5(6)16-7/h1-3,14-15H. The fraction of sp³-hybridized carbons (Fsp3) is 0.250. The Morgan fingerprint density at radius 3 is 2.00 bits per heavy atom. The number of fused-ring (bicyclic) bond motifs is 1. The van der Waals surface area contributed by atoms with Gasteiger partial charge in [-0.05, 0) is 17.6 Å². The van der Waals surface area contributed by atoms with Crippen molar-refractivity contribution < 1.29 is 37.1 Å². The Balaban J connectivity index is 2.43. The summed E-state index contributed by atoms with van der Waals surface area (Å²) < 4.78 is 58.6. The molecule has 2 N–H and O–H groups in total. The lowest BCUT2D eigenvalue weighted by Crippen LogP contribution is -2.52. The summed E-state index contributed by atoms with van der Waals surface area (Å²) in [7, 11) is -1.93. The topological polar surface area (TPSA) is 58.9 Å². The predicted octanol–water partition coefficient (Wildman–Crippen LogP) is 0.323. The second-order valence-corrected chi connectivity index (χ2v) is 3.32. The Morgan fingerprint density at radius 1 is 0.941 bits per heavy atom. The molecular formula is C8H5BF4O4. The summed E-state index contributed by atoms with van der Waals surface area (Å²) in [5.74, 6) is -1.29. The summed E-state index contributed by atoms with van der Waals surface area (Å²) in [6, 6.07) is 2.70. The molecule has 1 heterocycles. The van der Waals surface area contributed by atoms with E-state index in [-0.39, 0.29) is 5.46 Å². The predicted molar refractivity (Wildman–Crippen MR) is 47.4 cm³/mol. The highest BCUT2D eigenvalue weighted by Crippen LogP contribution is 2.46. The van der Waals surface area contributed by atoms with Gasteiger partial charge in [-0.3, -0.25) is 0 Å². The van der Waals surface area contributed by atoms with Gasteiger partial charge in [0.05, 0.1) is 0 Å². The molecule has 0 atom stereocenters. The van der Waals surface area contributed by atoms with Crippen molar-refractivity contribution in [2.45, 2.75) is 12.2 Å². The first-order valence-electron chi connectivity index (χ1n) is 4.37. The quantitative estimate of drug-likeness (QED) is 0.558. The highest BCUT2D eigenvalue weighted by molar-refractivity contribution is 6.58. The van der Waals surface area contributed by atoms with Crippen molar-refractivity contribution in [1.82, 2.24) is 0 Å². The normalized spacial score (nSPS) is 19.9. The SMILES string of the molecule is OB(O)c1ccc2c(c1)OC(F)(F)C(F)(F)O2. The monoisotopic (exact) mass is 252 g/mol. The second kappa shape index (κ2) is 3.51. The molecule has 0 unspecified atom stereocenters. The smallest absolute Gasteiger partial charge is 0.423 e. The molecule has 1 aliphatic heterocycles. The van der Waals surface area contributed by atoms with Crippen molar-refractivity contribution in [2.24, 2.45) is 0 Å². The lowest BCUT2D eigenvalue weighted by molar-refractivity contribution is -0.391. The van der Waals surface area contributed by atoms with E-state index in [1.807, 2.05) is 0 Å². The minimum Gasteiger partial charge on any atom is -0.423 e. The van der Waals surface area contributed by atoms with E-state index in [0.717, 1.165) is 18.2 Å². The molecule has 9 heteroatoms. The maximum Gasteiger partial charge on any atom is 0.507 e. The average molecular weight is 252 g/mol. The molecule has 92 valence electrons. The molecule has 4 nitrogen and oxygen atoms in total.